The van der Waals surface area contributed by atoms with Gasteiger partial charge >= 0.3 is 12.1 Å². The molecule has 0 aliphatic carbocycles. The maximum Gasteiger partial charge on any atom is 0.412 e. The summed E-state index contributed by atoms with van der Waals surface area (Å²) in [6.07, 6.45) is -0.658. The van der Waals surface area contributed by atoms with Crippen LogP contribution in [0.4, 0.5) is 9.59 Å². The Morgan fingerprint density at radius 1 is 1.32 bits per heavy atom. The maximum absolute atomic E-state index is 12.8. The topological polar surface area (TPSA) is 125 Å². The minimum Gasteiger partial charge on any atom is -0.444 e. The highest BCUT2D eigenvalue weighted by Gasteiger charge is 2.49. The van der Waals surface area contributed by atoms with Crippen LogP contribution in [-0.4, -0.2) is 90.5 Å². The van der Waals surface area contributed by atoms with Crippen LogP contribution in [0.25, 0.3) is 0 Å². The van der Waals surface area contributed by atoms with Crippen molar-refractivity contribution in [2.75, 3.05) is 33.2 Å². The maximum atomic E-state index is 12.8. The fraction of sp³-hybridized carbons (Fsp3) is 0.789. The van der Waals surface area contributed by atoms with Gasteiger partial charge in [-0.2, -0.15) is 0 Å². The molecule has 12 heteroatoms. The number of amides is 4. The number of carbonyl (C=O) groups is 3. The molecule has 0 aromatic rings. The van der Waals surface area contributed by atoms with Gasteiger partial charge in [0.1, 0.15) is 11.3 Å². The molecule has 0 spiro atoms. The average Bonchev–Trinajstić information content (AvgIpc) is 3.04. The molecule has 2 fully saturated rings. The first kappa shape index (κ1) is 27.2. The molecule has 2 aliphatic heterocycles. The number of ether oxygens (including phenoxy) is 2. The molecule has 2 unspecified atom stereocenters. The van der Waals surface area contributed by atoms with Crippen molar-refractivity contribution in [3.8, 4) is 0 Å². The second-order valence-electron chi connectivity index (χ2n) is 8.77. The molecule has 0 saturated carbocycles. The Bertz CT molecular complexity index is 692. The van der Waals surface area contributed by atoms with E-state index in [1.807, 2.05) is 41.5 Å². The summed E-state index contributed by atoms with van der Waals surface area (Å²) in [5.74, 6) is 0.236. The zero-order valence-corrected chi connectivity index (χ0v) is 21.6. The molecule has 2 aliphatic rings. The molecular formula is C19H35IN6O5. The summed E-state index contributed by atoms with van der Waals surface area (Å²) in [5, 5.41) is 8.73. The summed E-state index contributed by atoms with van der Waals surface area (Å²) < 4.78 is 11.6. The number of guanidine groups is 1. The van der Waals surface area contributed by atoms with E-state index in [2.05, 4.69) is 20.9 Å². The predicted octanol–water partition coefficient (Wildman–Crippen LogP) is 1.08. The van der Waals surface area contributed by atoms with E-state index in [9.17, 15) is 14.4 Å². The van der Waals surface area contributed by atoms with Crippen LogP contribution >= 0.6 is 24.0 Å². The van der Waals surface area contributed by atoms with Crippen LogP contribution < -0.4 is 16.0 Å². The van der Waals surface area contributed by atoms with E-state index in [0.29, 0.717) is 19.0 Å². The van der Waals surface area contributed by atoms with Gasteiger partial charge in [0.15, 0.2) is 5.96 Å². The minimum absolute atomic E-state index is 0. The summed E-state index contributed by atoms with van der Waals surface area (Å²) in [7, 11) is 1.62. The number of imide groups is 1. The van der Waals surface area contributed by atoms with Crippen molar-refractivity contribution in [1.29, 1.82) is 0 Å². The molecular weight excluding hydrogens is 519 g/mol. The van der Waals surface area contributed by atoms with Gasteiger partial charge < -0.3 is 25.4 Å². The van der Waals surface area contributed by atoms with E-state index in [1.54, 1.807) is 11.9 Å². The van der Waals surface area contributed by atoms with Crippen molar-refractivity contribution >= 4 is 48.0 Å². The molecule has 178 valence electrons. The van der Waals surface area contributed by atoms with Crippen molar-refractivity contribution in [3.63, 3.8) is 0 Å². The van der Waals surface area contributed by atoms with E-state index >= 15 is 0 Å². The number of nitrogens with one attached hydrogen (secondary N) is 3. The summed E-state index contributed by atoms with van der Waals surface area (Å²) in [4.78, 5) is 42.9. The lowest BCUT2D eigenvalue weighted by Crippen LogP contribution is -2.54. The standard InChI is InChI=1S/C19H34N6O5.HI/c1-12-13(25(19(5,6)29-12)17(28)30-18(2,3)4)10-22-15(20-7)21-8-9-24-14(26)11-23-16(24)27;/h12-13H,8-11H2,1-7H3,(H,23,27)(H2,20,21,22);1H. The van der Waals surface area contributed by atoms with Gasteiger partial charge in [-0.3, -0.25) is 19.6 Å². The first-order valence-electron chi connectivity index (χ1n) is 10.1. The fourth-order valence-corrected chi connectivity index (χ4v) is 3.51. The van der Waals surface area contributed by atoms with Gasteiger partial charge in [0.05, 0.1) is 18.7 Å². The molecule has 31 heavy (non-hydrogen) atoms. The van der Waals surface area contributed by atoms with Crippen LogP contribution in [-0.2, 0) is 14.3 Å². The molecule has 11 nitrogen and oxygen atoms in total. The molecule has 2 saturated heterocycles. The number of carbonyl (C=O) groups excluding carboxylic acids is 3. The minimum atomic E-state index is -0.811. The number of rotatable bonds is 5. The number of halogens is 1. The van der Waals surface area contributed by atoms with Crippen LogP contribution in [0.1, 0.15) is 41.5 Å². The van der Waals surface area contributed by atoms with E-state index < -0.39 is 23.5 Å². The number of nitrogens with zero attached hydrogens (tertiary/aromatic N) is 3. The third kappa shape index (κ3) is 7.09. The highest BCUT2D eigenvalue weighted by molar-refractivity contribution is 14.0. The van der Waals surface area contributed by atoms with Crippen molar-refractivity contribution in [1.82, 2.24) is 25.8 Å². The highest BCUT2D eigenvalue weighted by atomic mass is 127. The second-order valence-corrected chi connectivity index (χ2v) is 8.77. The van der Waals surface area contributed by atoms with Gasteiger partial charge in [0, 0.05) is 26.7 Å². The van der Waals surface area contributed by atoms with E-state index in [4.69, 9.17) is 9.47 Å². The lowest BCUT2D eigenvalue weighted by molar-refractivity contribution is -0.124. The normalized spacial score (nSPS) is 23.4. The zero-order chi connectivity index (χ0) is 22.7. The highest BCUT2D eigenvalue weighted by Crippen LogP contribution is 2.33. The third-order valence-electron chi connectivity index (χ3n) is 4.79. The van der Waals surface area contributed by atoms with Crippen molar-refractivity contribution in [3.05, 3.63) is 0 Å². The monoisotopic (exact) mass is 554 g/mol. The quantitative estimate of drug-likeness (QED) is 0.201. The molecule has 0 aromatic heterocycles. The Labute approximate surface area is 200 Å². The number of hydrogen-bond donors (Lipinski definition) is 3. The van der Waals surface area contributed by atoms with E-state index in [-0.39, 0.29) is 55.1 Å². The summed E-state index contributed by atoms with van der Waals surface area (Å²) >= 11 is 0. The van der Waals surface area contributed by atoms with E-state index in [0.717, 1.165) is 4.90 Å². The Hall–Kier alpha value is -1.83. The van der Waals surface area contributed by atoms with Crippen molar-refractivity contribution in [2.24, 2.45) is 4.99 Å². The van der Waals surface area contributed by atoms with Crippen LogP contribution in [0.2, 0.25) is 0 Å². The van der Waals surface area contributed by atoms with E-state index in [1.165, 1.54) is 0 Å². The third-order valence-corrected chi connectivity index (χ3v) is 4.79. The van der Waals surface area contributed by atoms with Gasteiger partial charge in [0.2, 0.25) is 5.91 Å². The Kier molecular flexibility index (Phi) is 9.35. The Morgan fingerprint density at radius 3 is 2.48 bits per heavy atom. The lowest BCUT2D eigenvalue weighted by Gasteiger charge is -2.35. The van der Waals surface area contributed by atoms with Crippen LogP contribution in [0, 0.1) is 0 Å². The van der Waals surface area contributed by atoms with Crippen LogP contribution in [0.3, 0.4) is 0 Å². The molecule has 4 amide bonds. The van der Waals surface area contributed by atoms with Gasteiger partial charge in [-0.15, -0.1) is 24.0 Å². The van der Waals surface area contributed by atoms with Gasteiger partial charge in [0.25, 0.3) is 0 Å². The molecule has 0 aromatic carbocycles. The van der Waals surface area contributed by atoms with Crippen LogP contribution in [0.5, 0.6) is 0 Å². The number of aliphatic imine (C=N–C) groups is 1. The summed E-state index contributed by atoms with van der Waals surface area (Å²) in [5.41, 5.74) is -1.43. The molecule has 2 heterocycles. The van der Waals surface area contributed by atoms with Gasteiger partial charge in [-0.05, 0) is 41.5 Å². The number of hydrogen-bond acceptors (Lipinski definition) is 6. The lowest BCUT2D eigenvalue weighted by atomic mass is 10.1. The van der Waals surface area contributed by atoms with Gasteiger partial charge in [-0.1, -0.05) is 0 Å². The second kappa shape index (κ2) is 10.7. The smallest absolute Gasteiger partial charge is 0.412 e. The first-order chi connectivity index (χ1) is 13.9. The SMILES string of the molecule is CN=C(NCCN1C(=O)CNC1=O)NCC1C(C)OC(C)(C)N1C(=O)OC(C)(C)C.I. The predicted molar refractivity (Wildman–Crippen MR) is 126 cm³/mol. The van der Waals surface area contributed by atoms with Crippen LogP contribution in [0.15, 0.2) is 4.99 Å². The van der Waals surface area contributed by atoms with Crippen molar-refractivity contribution in [2.45, 2.75) is 65.0 Å². The molecule has 3 N–H and O–H groups in total. The molecule has 0 radical (unpaired) electrons. The van der Waals surface area contributed by atoms with Gasteiger partial charge in [-0.25, -0.2) is 9.59 Å². The zero-order valence-electron chi connectivity index (χ0n) is 19.3. The molecule has 0 bridgehead atoms. The summed E-state index contributed by atoms with van der Waals surface area (Å²) in [6, 6.07) is -0.670. The van der Waals surface area contributed by atoms with Crippen molar-refractivity contribution < 1.29 is 23.9 Å². The average molecular weight is 554 g/mol. The molecule has 2 rings (SSSR count). The Balaban J connectivity index is 0.00000480. The Morgan fingerprint density at radius 2 is 1.97 bits per heavy atom. The largest absolute Gasteiger partial charge is 0.444 e. The molecule has 2 atom stereocenters. The fourth-order valence-electron chi connectivity index (χ4n) is 3.51. The number of urea groups is 1. The summed E-state index contributed by atoms with van der Waals surface area (Å²) in [6.45, 7) is 12.0. The first-order valence-corrected chi connectivity index (χ1v) is 10.1.